The van der Waals surface area contributed by atoms with E-state index in [4.69, 9.17) is 4.74 Å². The number of nitrogens with one attached hydrogen (secondary N) is 1. The van der Waals surface area contributed by atoms with Crippen LogP contribution in [0.5, 0.6) is 5.88 Å². The quantitative estimate of drug-likeness (QED) is 0.805. The highest BCUT2D eigenvalue weighted by atomic mass is 32.1. The van der Waals surface area contributed by atoms with E-state index in [1.54, 1.807) is 23.0 Å². The Morgan fingerprint density at radius 2 is 2.39 bits per heavy atom. The van der Waals surface area contributed by atoms with Gasteiger partial charge in [-0.15, -0.1) is 0 Å². The van der Waals surface area contributed by atoms with E-state index in [2.05, 4.69) is 27.6 Å². The van der Waals surface area contributed by atoms with E-state index in [-0.39, 0.29) is 11.6 Å². The largest absolute Gasteiger partial charge is 0.481 e. The lowest BCUT2D eigenvalue weighted by Crippen LogP contribution is -2.15. The van der Waals surface area contributed by atoms with Gasteiger partial charge in [0.2, 0.25) is 5.88 Å². The maximum atomic E-state index is 11.4. The topological polar surface area (TPSA) is 69.0 Å². The van der Waals surface area contributed by atoms with Crippen molar-refractivity contribution in [3.05, 3.63) is 41.9 Å². The average Bonchev–Trinajstić information content (AvgIpc) is 2.91. The normalized spacial score (nSPS) is 10.1. The lowest BCUT2D eigenvalue weighted by Gasteiger charge is -2.09. The number of aromatic nitrogens is 3. The Kier molecular flexibility index (Phi) is 3.83. The zero-order chi connectivity index (χ0) is 13.0. The highest BCUT2D eigenvalue weighted by molar-refractivity contribution is 7.78. The molecule has 0 unspecified atom stereocenters. The van der Waals surface area contributed by atoms with E-state index in [0.717, 1.165) is 5.56 Å². The fourth-order valence-corrected chi connectivity index (χ4v) is 1.63. The number of methoxy groups -OCH3 is 1. The number of nitrogens with zero attached hydrogens (tertiary/aromatic N) is 3. The first-order chi connectivity index (χ1) is 8.74. The first-order valence-electron chi connectivity index (χ1n) is 5.20. The van der Waals surface area contributed by atoms with Gasteiger partial charge in [0, 0.05) is 18.0 Å². The number of pyridine rings is 1. The van der Waals surface area contributed by atoms with Crippen LogP contribution in [0.15, 0.2) is 30.6 Å². The minimum absolute atomic E-state index is 0.256. The monoisotopic (exact) mass is 264 g/mol. The number of hydrogen-bond donors (Lipinski definition) is 2. The standard InChI is InChI=1S/C11H12N4O2S/c1-17-11-8(7-15-6-2-5-12-15)3-4-9(13-11)10(16)14-18/h2-6,18H,7H2,1H3,(H,14,16). The predicted octanol–water partition coefficient (Wildman–Crippen LogP) is 0.910. The van der Waals surface area contributed by atoms with Crippen molar-refractivity contribution in [1.29, 1.82) is 0 Å². The summed E-state index contributed by atoms with van der Waals surface area (Å²) in [6.45, 7) is 0.534. The van der Waals surface area contributed by atoms with Crippen LogP contribution in [0.2, 0.25) is 0 Å². The summed E-state index contributed by atoms with van der Waals surface area (Å²) in [4.78, 5) is 15.5. The van der Waals surface area contributed by atoms with Crippen LogP contribution in [-0.4, -0.2) is 27.8 Å². The molecule has 2 heterocycles. The Hall–Kier alpha value is -2.02. The van der Waals surface area contributed by atoms with Gasteiger partial charge >= 0.3 is 0 Å². The molecule has 0 aliphatic carbocycles. The van der Waals surface area contributed by atoms with Crippen LogP contribution >= 0.6 is 12.8 Å². The highest BCUT2D eigenvalue weighted by Gasteiger charge is 2.11. The van der Waals surface area contributed by atoms with Crippen LogP contribution in [0.4, 0.5) is 0 Å². The fraction of sp³-hybridized carbons (Fsp3) is 0.182. The van der Waals surface area contributed by atoms with Gasteiger partial charge < -0.3 is 4.74 Å². The summed E-state index contributed by atoms with van der Waals surface area (Å²) in [7, 11) is 1.51. The minimum Gasteiger partial charge on any atom is -0.481 e. The van der Waals surface area contributed by atoms with Crippen LogP contribution in [0.25, 0.3) is 0 Å². The van der Waals surface area contributed by atoms with Gasteiger partial charge in [-0.2, -0.15) is 5.10 Å². The molecule has 0 spiro atoms. The van der Waals surface area contributed by atoms with E-state index >= 15 is 0 Å². The maximum Gasteiger partial charge on any atom is 0.279 e. The molecule has 2 aromatic heterocycles. The van der Waals surface area contributed by atoms with Gasteiger partial charge in [-0.05, 0) is 18.2 Å². The molecule has 0 saturated carbocycles. The SMILES string of the molecule is COc1nc(C(=O)NS)ccc1Cn1cccn1. The number of carbonyl (C=O) groups excluding carboxylic acids is 1. The van der Waals surface area contributed by atoms with Gasteiger partial charge in [0.1, 0.15) is 5.69 Å². The van der Waals surface area contributed by atoms with Crippen LogP contribution < -0.4 is 9.46 Å². The van der Waals surface area contributed by atoms with Crippen molar-refractivity contribution in [2.24, 2.45) is 0 Å². The molecule has 1 amide bonds. The minimum atomic E-state index is -0.373. The van der Waals surface area contributed by atoms with Crippen molar-refractivity contribution < 1.29 is 9.53 Å². The second kappa shape index (κ2) is 5.54. The van der Waals surface area contributed by atoms with Crippen LogP contribution in [-0.2, 0) is 6.54 Å². The Morgan fingerprint density at radius 1 is 1.56 bits per heavy atom. The lowest BCUT2D eigenvalue weighted by molar-refractivity contribution is 0.0979. The molecule has 18 heavy (non-hydrogen) atoms. The van der Waals surface area contributed by atoms with Gasteiger partial charge in [-0.3, -0.25) is 14.2 Å². The Bertz CT molecular complexity index is 542. The zero-order valence-electron chi connectivity index (χ0n) is 9.70. The van der Waals surface area contributed by atoms with Gasteiger partial charge in [0.05, 0.1) is 13.7 Å². The van der Waals surface area contributed by atoms with E-state index in [1.165, 1.54) is 7.11 Å². The van der Waals surface area contributed by atoms with Crippen LogP contribution in [0.1, 0.15) is 16.1 Å². The number of carbonyl (C=O) groups is 1. The molecular formula is C11H12N4O2S. The van der Waals surface area contributed by atoms with Crippen molar-refractivity contribution in [2.45, 2.75) is 6.54 Å². The summed E-state index contributed by atoms with van der Waals surface area (Å²) in [5.74, 6) is 0.0298. The molecule has 0 aliphatic heterocycles. The second-order valence-electron chi connectivity index (χ2n) is 3.51. The van der Waals surface area contributed by atoms with Gasteiger partial charge in [0.25, 0.3) is 5.91 Å². The second-order valence-corrected chi connectivity index (χ2v) is 3.73. The molecule has 0 bridgehead atoms. The lowest BCUT2D eigenvalue weighted by atomic mass is 10.2. The molecule has 2 aromatic rings. The van der Waals surface area contributed by atoms with Gasteiger partial charge in [-0.1, -0.05) is 12.8 Å². The van der Waals surface area contributed by atoms with Crippen molar-refractivity contribution in [3.63, 3.8) is 0 Å². The molecule has 6 nitrogen and oxygen atoms in total. The van der Waals surface area contributed by atoms with E-state index in [9.17, 15) is 4.79 Å². The molecule has 94 valence electrons. The molecule has 2 rings (SSSR count). The summed E-state index contributed by atoms with van der Waals surface area (Å²) in [6, 6.07) is 5.24. The van der Waals surface area contributed by atoms with E-state index in [0.29, 0.717) is 12.4 Å². The number of ether oxygens (including phenoxy) is 1. The highest BCUT2D eigenvalue weighted by Crippen LogP contribution is 2.17. The average molecular weight is 264 g/mol. The molecule has 0 aromatic carbocycles. The Labute approximate surface area is 110 Å². The maximum absolute atomic E-state index is 11.4. The number of thiol groups is 1. The number of rotatable bonds is 4. The molecule has 1 N–H and O–H groups in total. The summed E-state index contributed by atoms with van der Waals surface area (Å²) in [6.07, 6.45) is 3.54. The zero-order valence-corrected chi connectivity index (χ0v) is 10.6. The summed E-state index contributed by atoms with van der Waals surface area (Å²) in [5, 5.41) is 4.10. The molecule has 7 heteroatoms. The molecular weight excluding hydrogens is 252 g/mol. The van der Waals surface area contributed by atoms with Crippen molar-refractivity contribution in [2.75, 3.05) is 7.11 Å². The Balaban J connectivity index is 2.28. The van der Waals surface area contributed by atoms with Gasteiger partial charge in [0.15, 0.2) is 0 Å². The molecule has 0 radical (unpaired) electrons. The van der Waals surface area contributed by atoms with Crippen LogP contribution in [0.3, 0.4) is 0 Å². The van der Waals surface area contributed by atoms with Crippen molar-refractivity contribution in [3.8, 4) is 5.88 Å². The fourth-order valence-electron chi connectivity index (χ4n) is 1.52. The molecule has 0 fully saturated rings. The summed E-state index contributed by atoms with van der Waals surface area (Å²) < 4.78 is 9.14. The number of hydrogen-bond acceptors (Lipinski definition) is 5. The van der Waals surface area contributed by atoms with E-state index < -0.39 is 0 Å². The Morgan fingerprint density at radius 3 is 3.00 bits per heavy atom. The third-order valence-electron chi connectivity index (χ3n) is 2.36. The van der Waals surface area contributed by atoms with Gasteiger partial charge in [-0.25, -0.2) is 4.98 Å². The van der Waals surface area contributed by atoms with Crippen LogP contribution in [0, 0.1) is 0 Å². The third kappa shape index (κ3) is 2.62. The predicted molar refractivity (Wildman–Crippen MR) is 68.6 cm³/mol. The first kappa shape index (κ1) is 12.4. The molecule has 0 aliphatic rings. The van der Waals surface area contributed by atoms with Crippen molar-refractivity contribution >= 4 is 18.7 Å². The summed E-state index contributed by atoms with van der Waals surface area (Å²) in [5.41, 5.74) is 1.10. The molecule has 0 atom stereocenters. The molecule has 0 saturated heterocycles. The summed E-state index contributed by atoms with van der Waals surface area (Å²) >= 11 is 3.69. The number of amides is 1. The van der Waals surface area contributed by atoms with Crippen molar-refractivity contribution in [1.82, 2.24) is 19.5 Å². The first-order valence-corrected chi connectivity index (χ1v) is 5.65. The smallest absolute Gasteiger partial charge is 0.279 e. The van der Waals surface area contributed by atoms with E-state index in [1.807, 2.05) is 12.3 Å². The third-order valence-corrected chi connectivity index (χ3v) is 2.56.